The van der Waals surface area contributed by atoms with E-state index in [1.165, 1.54) is 0 Å². The fourth-order valence-electron chi connectivity index (χ4n) is 2.40. The van der Waals surface area contributed by atoms with Gasteiger partial charge in [0.15, 0.2) is 5.76 Å². The summed E-state index contributed by atoms with van der Waals surface area (Å²) in [5, 5.41) is 12.9. The molecule has 0 aliphatic heterocycles. The Morgan fingerprint density at radius 3 is 2.65 bits per heavy atom. The van der Waals surface area contributed by atoms with Crippen LogP contribution >= 0.6 is 0 Å². The standard InChI is InChI=1S/C13H19NO3/c1-9-7-10(2)17-11(9)12(15)14-8-13(16)5-3-4-6-13/h7,16H,3-6,8H2,1-2H3,(H,14,15). The van der Waals surface area contributed by atoms with Crippen molar-refractivity contribution in [3.63, 3.8) is 0 Å². The molecule has 4 nitrogen and oxygen atoms in total. The second-order valence-electron chi connectivity index (χ2n) is 4.98. The van der Waals surface area contributed by atoms with Gasteiger partial charge in [0, 0.05) is 12.1 Å². The number of furan rings is 1. The molecule has 4 heteroatoms. The van der Waals surface area contributed by atoms with Crippen LogP contribution in [-0.4, -0.2) is 23.2 Å². The van der Waals surface area contributed by atoms with E-state index in [1.807, 2.05) is 19.9 Å². The SMILES string of the molecule is Cc1cc(C)c(C(=O)NCC2(O)CCCC2)o1. The summed E-state index contributed by atoms with van der Waals surface area (Å²) in [6.07, 6.45) is 3.60. The van der Waals surface area contributed by atoms with Crippen molar-refractivity contribution in [2.75, 3.05) is 6.54 Å². The van der Waals surface area contributed by atoms with Crippen LogP contribution in [0.1, 0.15) is 47.6 Å². The first kappa shape index (κ1) is 12.2. The molecule has 0 bridgehead atoms. The average molecular weight is 237 g/mol. The highest BCUT2D eigenvalue weighted by molar-refractivity contribution is 5.92. The minimum atomic E-state index is -0.717. The van der Waals surface area contributed by atoms with Crippen LogP contribution in [-0.2, 0) is 0 Å². The lowest BCUT2D eigenvalue weighted by atomic mass is 10.0. The number of nitrogens with one attached hydrogen (secondary N) is 1. The lowest BCUT2D eigenvalue weighted by molar-refractivity contribution is 0.0443. The summed E-state index contributed by atoms with van der Waals surface area (Å²) in [5.41, 5.74) is 0.115. The van der Waals surface area contributed by atoms with Crippen LogP contribution < -0.4 is 5.32 Å². The Balaban J connectivity index is 1.95. The Bertz CT molecular complexity index is 416. The van der Waals surface area contributed by atoms with Crippen LogP contribution in [0.2, 0.25) is 0 Å². The number of rotatable bonds is 3. The smallest absolute Gasteiger partial charge is 0.287 e. The normalized spacial score (nSPS) is 18.3. The largest absolute Gasteiger partial charge is 0.456 e. The predicted molar refractivity (Wildman–Crippen MR) is 63.9 cm³/mol. The van der Waals surface area contributed by atoms with Gasteiger partial charge in [-0.25, -0.2) is 0 Å². The zero-order valence-corrected chi connectivity index (χ0v) is 10.4. The van der Waals surface area contributed by atoms with Gasteiger partial charge in [-0.1, -0.05) is 12.8 Å². The van der Waals surface area contributed by atoms with Gasteiger partial charge in [-0.15, -0.1) is 0 Å². The van der Waals surface area contributed by atoms with E-state index in [0.29, 0.717) is 12.3 Å². The number of hydrogen-bond acceptors (Lipinski definition) is 3. The first-order valence-corrected chi connectivity index (χ1v) is 6.08. The molecule has 1 heterocycles. The highest BCUT2D eigenvalue weighted by atomic mass is 16.4. The summed E-state index contributed by atoms with van der Waals surface area (Å²) < 4.78 is 5.33. The molecule has 17 heavy (non-hydrogen) atoms. The summed E-state index contributed by atoms with van der Waals surface area (Å²) in [5.74, 6) is 0.840. The van der Waals surface area contributed by atoms with Crippen molar-refractivity contribution in [1.29, 1.82) is 0 Å². The molecule has 2 N–H and O–H groups in total. The third-order valence-electron chi connectivity index (χ3n) is 3.36. The van der Waals surface area contributed by atoms with Gasteiger partial charge >= 0.3 is 0 Å². The zero-order chi connectivity index (χ0) is 12.5. The van der Waals surface area contributed by atoms with Gasteiger partial charge in [0.05, 0.1) is 5.60 Å². The van der Waals surface area contributed by atoms with E-state index in [1.54, 1.807) is 0 Å². The molecule has 1 amide bonds. The molecule has 1 aromatic heterocycles. The van der Waals surface area contributed by atoms with Crippen molar-refractivity contribution >= 4 is 5.91 Å². The van der Waals surface area contributed by atoms with Crippen molar-refractivity contribution in [2.45, 2.75) is 45.1 Å². The van der Waals surface area contributed by atoms with Crippen LogP contribution in [0.15, 0.2) is 10.5 Å². The molecule has 0 radical (unpaired) electrons. The number of aryl methyl sites for hydroxylation is 2. The van der Waals surface area contributed by atoms with Gasteiger partial charge in [0.2, 0.25) is 0 Å². The van der Waals surface area contributed by atoms with Gasteiger partial charge in [0.1, 0.15) is 5.76 Å². The van der Waals surface area contributed by atoms with Crippen molar-refractivity contribution in [1.82, 2.24) is 5.32 Å². The Labute approximate surface area is 101 Å². The molecular weight excluding hydrogens is 218 g/mol. The van der Waals surface area contributed by atoms with E-state index in [2.05, 4.69) is 5.32 Å². The van der Waals surface area contributed by atoms with Crippen molar-refractivity contribution in [2.24, 2.45) is 0 Å². The molecule has 0 unspecified atom stereocenters. The number of carbonyl (C=O) groups excluding carboxylic acids is 1. The van der Waals surface area contributed by atoms with Gasteiger partial charge in [-0.2, -0.15) is 0 Å². The van der Waals surface area contributed by atoms with Crippen LogP contribution in [0.5, 0.6) is 0 Å². The van der Waals surface area contributed by atoms with Crippen LogP contribution in [0.4, 0.5) is 0 Å². The van der Waals surface area contributed by atoms with E-state index < -0.39 is 5.60 Å². The minimum Gasteiger partial charge on any atom is -0.456 e. The molecule has 2 rings (SSSR count). The monoisotopic (exact) mass is 237 g/mol. The molecule has 94 valence electrons. The van der Waals surface area contributed by atoms with Crippen molar-refractivity contribution < 1.29 is 14.3 Å². The van der Waals surface area contributed by atoms with Crippen molar-refractivity contribution in [3.8, 4) is 0 Å². The minimum absolute atomic E-state index is 0.240. The number of amides is 1. The quantitative estimate of drug-likeness (QED) is 0.844. The molecule has 0 saturated heterocycles. The second kappa shape index (κ2) is 4.53. The lowest BCUT2D eigenvalue weighted by Gasteiger charge is -2.21. The summed E-state index contributed by atoms with van der Waals surface area (Å²) in [6, 6.07) is 1.83. The highest BCUT2D eigenvalue weighted by Gasteiger charge is 2.31. The molecule has 0 atom stereocenters. The number of aliphatic hydroxyl groups is 1. The Kier molecular flexibility index (Phi) is 3.24. The maximum Gasteiger partial charge on any atom is 0.287 e. The first-order valence-electron chi connectivity index (χ1n) is 6.08. The van der Waals surface area contributed by atoms with Crippen LogP contribution in [0.25, 0.3) is 0 Å². The fraction of sp³-hybridized carbons (Fsp3) is 0.615. The van der Waals surface area contributed by atoms with Gasteiger partial charge < -0.3 is 14.8 Å². The lowest BCUT2D eigenvalue weighted by Crippen LogP contribution is -2.40. The summed E-state index contributed by atoms with van der Waals surface area (Å²) in [4.78, 5) is 11.9. The van der Waals surface area contributed by atoms with Gasteiger partial charge in [-0.3, -0.25) is 4.79 Å². The topological polar surface area (TPSA) is 62.5 Å². The summed E-state index contributed by atoms with van der Waals surface area (Å²) in [6.45, 7) is 3.97. The number of carbonyl (C=O) groups is 1. The molecule has 0 spiro atoms. The van der Waals surface area contributed by atoms with Crippen LogP contribution in [0.3, 0.4) is 0 Å². The maximum absolute atomic E-state index is 11.9. The van der Waals surface area contributed by atoms with Crippen molar-refractivity contribution in [3.05, 3.63) is 23.2 Å². The van der Waals surface area contributed by atoms with Crippen LogP contribution in [0, 0.1) is 13.8 Å². The van der Waals surface area contributed by atoms with E-state index in [-0.39, 0.29) is 5.91 Å². The second-order valence-corrected chi connectivity index (χ2v) is 4.98. The zero-order valence-electron chi connectivity index (χ0n) is 10.4. The molecule has 1 saturated carbocycles. The Morgan fingerprint density at radius 2 is 2.12 bits per heavy atom. The molecular formula is C13H19NO3. The number of hydrogen-bond donors (Lipinski definition) is 2. The van der Waals surface area contributed by atoms with E-state index >= 15 is 0 Å². The average Bonchev–Trinajstić information content (AvgIpc) is 2.83. The Hall–Kier alpha value is -1.29. The third kappa shape index (κ3) is 2.69. The molecule has 1 fully saturated rings. The first-order chi connectivity index (χ1) is 8.00. The highest BCUT2D eigenvalue weighted by Crippen LogP contribution is 2.28. The molecule has 1 aliphatic rings. The summed E-state index contributed by atoms with van der Waals surface area (Å²) >= 11 is 0. The van der Waals surface area contributed by atoms with Gasteiger partial charge in [0.25, 0.3) is 5.91 Å². The maximum atomic E-state index is 11.9. The van der Waals surface area contributed by atoms with E-state index in [0.717, 1.165) is 37.0 Å². The van der Waals surface area contributed by atoms with E-state index in [9.17, 15) is 9.90 Å². The Morgan fingerprint density at radius 1 is 1.47 bits per heavy atom. The third-order valence-corrected chi connectivity index (χ3v) is 3.36. The summed E-state index contributed by atoms with van der Waals surface area (Å²) in [7, 11) is 0. The van der Waals surface area contributed by atoms with E-state index in [4.69, 9.17) is 4.42 Å². The molecule has 1 aliphatic carbocycles. The fourth-order valence-corrected chi connectivity index (χ4v) is 2.40. The molecule has 0 aromatic carbocycles. The van der Waals surface area contributed by atoms with Gasteiger partial charge in [-0.05, 0) is 32.8 Å². The predicted octanol–water partition coefficient (Wildman–Crippen LogP) is 1.93. The molecule has 1 aromatic rings.